The molecular formula is C41H69BrN2O3. The molecule has 0 aliphatic rings. The number of carbonyl (C=O) groups is 2. The van der Waals surface area contributed by atoms with Crippen molar-refractivity contribution in [3.63, 3.8) is 0 Å². The minimum atomic E-state index is -0.678. The molecule has 0 saturated heterocycles. The van der Waals surface area contributed by atoms with Gasteiger partial charge < -0.3 is 22.1 Å². The van der Waals surface area contributed by atoms with Gasteiger partial charge in [0.25, 0.3) is 0 Å². The molecule has 0 atom stereocenters. The Balaban J connectivity index is 0.0000212. The molecule has 268 valence electrons. The number of aryl methyl sites for hydroxylation is 2. The maximum absolute atomic E-state index is 12.3. The molecule has 1 aromatic rings. The largest absolute Gasteiger partial charge is 1.00 e. The van der Waals surface area contributed by atoms with E-state index in [4.69, 9.17) is 5.11 Å². The van der Waals surface area contributed by atoms with Crippen LogP contribution in [0, 0.1) is 23.7 Å². The summed E-state index contributed by atoms with van der Waals surface area (Å²) in [4.78, 5) is 22.8. The van der Waals surface area contributed by atoms with Crippen molar-refractivity contribution in [2.24, 2.45) is 0 Å². The molecule has 47 heavy (non-hydrogen) atoms. The number of ketones is 1. The Labute approximate surface area is 300 Å². The maximum atomic E-state index is 12.3. The number of carboxylic acids is 1. The first-order valence-corrected chi connectivity index (χ1v) is 19.4. The van der Waals surface area contributed by atoms with E-state index in [1.165, 1.54) is 109 Å². The SMILES string of the molecule is CCCCCCCCCCC#CC#CCCCCCCCCC(=O)CCCCn1cc[n+](CCCCCCCCCCC(=O)O)c1.[Br-]. The van der Waals surface area contributed by atoms with E-state index in [2.05, 4.69) is 58.5 Å². The van der Waals surface area contributed by atoms with Crippen LogP contribution in [-0.2, 0) is 22.7 Å². The number of Topliss-reactive ketones (excluding diaryl/α,β-unsaturated/α-hetero) is 1. The number of rotatable bonds is 32. The predicted molar refractivity (Wildman–Crippen MR) is 192 cm³/mol. The lowest BCUT2D eigenvalue weighted by Gasteiger charge is -2.02. The van der Waals surface area contributed by atoms with Crippen LogP contribution in [0.1, 0.15) is 193 Å². The highest BCUT2D eigenvalue weighted by Gasteiger charge is 2.06. The maximum Gasteiger partial charge on any atom is 0.303 e. The normalized spacial score (nSPS) is 10.5. The van der Waals surface area contributed by atoms with Crippen LogP contribution in [0.5, 0.6) is 0 Å². The fourth-order valence-electron chi connectivity index (χ4n) is 5.88. The Bertz CT molecular complexity index is 998. The predicted octanol–water partition coefficient (Wildman–Crippen LogP) is 7.77. The average Bonchev–Trinajstić information content (AvgIpc) is 3.50. The van der Waals surface area contributed by atoms with Crippen molar-refractivity contribution < 1.29 is 36.2 Å². The number of halogens is 1. The summed E-state index contributed by atoms with van der Waals surface area (Å²) in [6.45, 7) is 4.32. The van der Waals surface area contributed by atoms with Crippen LogP contribution in [0.15, 0.2) is 18.7 Å². The second kappa shape index (κ2) is 35.3. The first-order chi connectivity index (χ1) is 22.6. The van der Waals surface area contributed by atoms with Gasteiger partial charge in [-0.25, -0.2) is 9.13 Å². The lowest BCUT2D eigenvalue weighted by Crippen LogP contribution is -3.00. The van der Waals surface area contributed by atoms with Crippen LogP contribution in [0.25, 0.3) is 0 Å². The quantitative estimate of drug-likeness (QED) is 0.0471. The number of carboxylic acid groups (broad SMARTS) is 1. The van der Waals surface area contributed by atoms with E-state index in [-0.39, 0.29) is 17.0 Å². The average molecular weight is 718 g/mol. The molecule has 0 aliphatic carbocycles. The van der Waals surface area contributed by atoms with Crippen molar-refractivity contribution in [3.8, 4) is 23.7 Å². The fraction of sp³-hybridized carbons (Fsp3) is 0.780. The van der Waals surface area contributed by atoms with Crippen LogP contribution in [0.3, 0.4) is 0 Å². The molecule has 1 aromatic heterocycles. The lowest BCUT2D eigenvalue weighted by atomic mass is 10.0. The highest BCUT2D eigenvalue weighted by Crippen LogP contribution is 2.12. The smallest absolute Gasteiger partial charge is 0.303 e. The highest BCUT2D eigenvalue weighted by molar-refractivity contribution is 5.78. The van der Waals surface area contributed by atoms with Crippen LogP contribution < -0.4 is 21.5 Å². The zero-order chi connectivity index (χ0) is 33.2. The molecule has 0 fully saturated rings. The molecule has 5 nitrogen and oxygen atoms in total. The van der Waals surface area contributed by atoms with Gasteiger partial charge in [0, 0.05) is 32.1 Å². The minimum Gasteiger partial charge on any atom is -1.00 e. The first-order valence-electron chi connectivity index (χ1n) is 19.4. The van der Waals surface area contributed by atoms with Crippen molar-refractivity contribution in [1.82, 2.24) is 4.57 Å². The lowest BCUT2D eigenvalue weighted by molar-refractivity contribution is -0.696. The minimum absolute atomic E-state index is 0. The van der Waals surface area contributed by atoms with Gasteiger partial charge in [-0.3, -0.25) is 9.59 Å². The van der Waals surface area contributed by atoms with Gasteiger partial charge in [-0.15, -0.1) is 0 Å². The molecule has 0 aromatic carbocycles. The first kappa shape index (κ1) is 45.0. The molecule has 1 N–H and O–H groups in total. The molecule has 0 spiro atoms. The van der Waals surface area contributed by atoms with Crippen LogP contribution in [-0.4, -0.2) is 21.4 Å². The van der Waals surface area contributed by atoms with Gasteiger partial charge >= 0.3 is 5.97 Å². The summed E-state index contributed by atoms with van der Waals surface area (Å²) in [5.41, 5.74) is 0. The Kier molecular flexibility index (Phi) is 33.7. The Morgan fingerprint density at radius 3 is 1.57 bits per heavy atom. The van der Waals surface area contributed by atoms with Gasteiger partial charge in [-0.1, -0.05) is 121 Å². The van der Waals surface area contributed by atoms with Gasteiger partial charge in [0.05, 0.1) is 13.1 Å². The number of imidazole rings is 1. The molecule has 0 aliphatic heterocycles. The summed E-state index contributed by atoms with van der Waals surface area (Å²) in [6.07, 6.45) is 39.3. The molecule has 0 unspecified atom stereocenters. The monoisotopic (exact) mass is 716 g/mol. The number of carbonyl (C=O) groups excluding carboxylic acids is 1. The molecule has 1 heterocycles. The number of unbranched alkanes of at least 4 members (excludes halogenated alkanes) is 22. The van der Waals surface area contributed by atoms with E-state index in [1.807, 2.05) is 0 Å². The fourth-order valence-corrected chi connectivity index (χ4v) is 5.88. The Hall–Kier alpha value is -2.05. The summed E-state index contributed by atoms with van der Waals surface area (Å²) in [5, 5.41) is 8.67. The van der Waals surface area contributed by atoms with Crippen molar-refractivity contribution in [2.75, 3.05) is 0 Å². The summed E-state index contributed by atoms with van der Waals surface area (Å²) in [5.74, 6) is 12.2. The van der Waals surface area contributed by atoms with Gasteiger partial charge in [0.15, 0.2) is 0 Å². The van der Waals surface area contributed by atoms with Crippen LogP contribution in [0.4, 0.5) is 0 Å². The molecular weight excluding hydrogens is 648 g/mol. The third-order valence-corrected chi connectivity index (χ3v) is 8.83. The molecule has 6 heteroatoms. The number of aromatic nitrogens is 2. The number of hydrogen-bond donors (Lipinski definition) is 1. The number of aliphatic carboxylic acids is 1. The van der Waals surface area contributed by atoms with Gasteiger partial charge in [-0.2, -0.15) is 0 Å². The van der Waals surface area contributed by atoms with E-state index < -0.39 is 5.97 Å². The van der Waals surface area contributed by atoms with Gasteiger partial charge in [0.2, 0.25) is 6.33 Å². The highest BCUT2D eigenvalue weighted by atomic mass is 79.9. The van der Waals surface area contributed by atoms with E-state index in [0.717, 1.165) is 83.7 Å². The number of hydrogen-bond acceptors (Lipinski definition) is 2. The summed E-state index contributed by atoms with van der Waals surface area (Å²) < 4.78 is 4.53. The third-order valence-electron chi connectivity index (χ3n) is 8.83. The Morgan fingerprint density at radius 2 is 1.04 bits per heavy atom. The van der Waals surface area contributed by atoms with Crippen molar-refractivity contribution >= 4 is 11.8 Å². The van der Waals surface area contributed by atoms with Gasteiger partial charge in [0.1, 0.15) is 18.2 Å². The van der Waals surface area contributed by atoms with Crippen molar-refractivity contribution in [2.45, 2.75) is 206 Å². The molecule has 1 rings (SSSR count). The van der Waals surface area contributed by atoms with Gasteiger partial charge in [-0.05, 0) is 63.2 Å². The zero-order valence-corrected chi connectivity index (χ0v) is 31.8. The second-order valence-corrected chi connectivity index (χ2v) is 13.3. The summed E-state index contributed by atoms with van der Waals surface area (Å²) >= 11 is 0. The summed E-state index contributed by atoms with van der Waals surface area (Å²) in [7, 11) is 0. The van der Waals surface area contributed by atoms with E-state index in [0.29, 0.717) is 12.2 Å². The van der Waals surface area contributed by atoms with E-state index >= 15 is 0 Å². The molecule has 0 amide bonds. The van der Waals surface area contributed by atoms with E-state index in [9.17, 15) is 9.59 Å². The second-order valence-electron chi connectivity index (χ2n) is 13.3. The van der Waals surface area contributed by atoms with Crippen LogP contribution >= 0.6 is 0 Å². The molecule has 0 radical (unpaired) electrons. The van der Waals surface area contributed by atoms with Crippen LogP contribution in [0.2, 0.25) is 0 Å². The van der Waals surface area contributed by atoms with Crippen molar-refractivity contribution in [3.05, 3.63) is 18.7 Å². The number of nitrogens with zero attached hydrogens (tertiary/aromatic N) is 2. The summed E-state index contributed by atoms with van der Waals surface area (Å²) in [6, 6.07) is 0. The topological polar surface area (TPSA) is 63.2 Å². The van der Waals surface area contributed by atoms with Crippen molar-refractivity contribution in [1.29, 1.82) is 0 Å². The standard InChI is InChI=1S/C41H68N2O3.BrH/c1-2-3-4-5-6-7-8-9-10-11-12-13-14-15-16-17-18-21-24-27-32-40(44)33-29-31-36-43-38-37-42(39-43)35-30-26-23-20-19-22-25-28-34-41(45)46;/h37-39H,2-10,15-36H2,1H3;1H. The molecule has 0 saturated carbocycles. The molecule has 0 bridgehead atoms. The zero-order valence-electron chi connectivity index (χ0n) is 30.2. The third kappa shape index (κ3) is 32.3. The Morgan fingerprint density at radius 1 is 0.596 bits per heavy atom. The van der Waals surface area contributed by atoms with E-state index in [1.54, 1.807) is 0 Å².